The van der Waals surface area contributed by atoms with Gasteiger partial charge >= 0.3 is 0 Å². The van der Waals surface area contributed by atoms with Gasteiger partial charge in [0, 0.05) is 42.3 Å². The van der Waals surface area contributed by atoms with Crippen LogP contribution >= 0.6 is 30.3 Å². The Balaban J connectivity index is 1.60. The number of aromatic nitrogens is 2. The fourth-order valence-electron chi connectivity index (χ4n) is 3.97. The molecule has 2 aromatic carbocycles. The predicted octanol–water partition coefficient (Wildman–Crippen LogP) is 5.30. The Morgan fingerprint density at radius 2 is 1.72 bits per heavy atom. The van der Waals surface area contributed by atoms with Crippen molar-refractivity contribution in [2.24, 2.45) is 11.8 Å². The molecule has 4 rings (SSSR count). The summed E-state index contributed by atoms with van der Waals surface area (Å²) in [4.78, 5) is 27.0. The van der Waals surface area contributed by atoms with Crippen molar-refractivity contribution >= 4 is 53.0 Å². The number of halogens is 1. The summed E-state index contributed by atoms with van der Waals surface area (Å²) in [6, 6.07) is 11.3. The highest BCUT2D eigenvalue weighted by molar-refractivity contribution is 14.2. The fourth-order valence-corrected chi connectivity index (χ4v) is 5.23. The molecule has 0 fully saturated rings. The largest absolute Gasteiger partial charge is 0.274 e. The van der Waals surface area contributed by atoms with Crippen LogP contribution in [-0.2, 0) is 6.42 Å². The van der Waals surface area contributed by atoms with Gasteiger partial charge in [0.1, 0.15) is 0 Å². The monoisotopic (exact) mass is 519 g/mol. The Labute approximate surface area is 186 Å². The van der Waals surface area contributed by atoms with Gasteiger partial charge in [0.25, 0.3) is 11.8 Å². The second-order valence-corrected chi connectivity index (χ2v) is 9.51. The summed E-state index contributed by atoms with van der Waals surface area (Å²) in [7, 11) is 1.55. The number of amides is 2. The van der Waals surface area contributed by atoms with Gasteiger partial charge in [-0.1, -0.05) is 32.0 Å². The van der Waals surface area contributed by atoms with Crippen LogP contribution in [0.5, 0.6) is 0 Å². The number of benzene rings is 2. The number of fused-ring (bicyclic) bond motifs is 2. The summed E-state index contributed by atoms with van der Waals surface area (Å²) in [5.74, 6) is 0.164. The molecule has 3 aromatic rings. The van der Waals surface area contributed by atoms with Crippen LogP contribution < -0.4 is 0 Å². The number of hydrogen-bond acceptors (Lipinski definition) is 4. The summed E-state index contributed by atoms with van der Waals surface area (Å²) in [6.45, 7) is 6.87. The molecular formula is C22H22IN3O2S. The maximum atomic E-state index is 12.8. The van der Waals surface area contributed by atoms with E-state index in [0.717, 1.165) is 17.3 Å². The molecule has 29 heavy (non-hydrogen) atoms. The third-order valence-electron chi connectivity index (χ3n) is 5.89. The zero-order valence-electron chi connectivity index (χ0n) is 16.6. The van der Waals surface area contributed by atoms with Crippen molar-refractivity contribution in [3.05, 3.63) is 64.8 Å². The minimum Gasteiger partial charge on any atom is -0.274 e. The highest BCUT2D eigenvalue weighted by atomic mass is 127. The SMILES string of the molecule is Cc1c(CC(CN2C(=O)c3ccccc3C2=O)C(C)C)ccc2c1cnn2SI. The number of carbonyl (C=O) groups is 2. The first-order valence-electron chi connectivity index (χ1n) is 9.63. The summed E-state index contributed by atoms with van der Waals surface area (Å²) in [6.07, 6.45) is 2.73. The van der Waals surface area contributed by atoms with Crippen LogP contribution in [0.25, 0.3) is 10.9 Å². The third kappa shape index (κ3) is 3.59. The van der Waals surface area contributed by atoms with E-state index in [1.165, 1.54) is 16.0 Å². The van der Waals surface area contributed by atoms with Crippen LogP contribution in [0.3, 0.4) is 0 Å². The molecule has 1 unspecified atom stereocenters. The molecular weight excluding hydrogens is 497 g/mol. The van der Waals surface area contributed by atoms with Crippen LogP contribution in [0.4, 0.5) is 0 Å². The van der Waals surface area contributed by atoms with E-state index >= 15 is 0 Å². The van der Waals surface area contributed by atoms with E-state index in [1.807, 2.05) is 10.3 Å². The highest BCUT2D eigenvalue weighted by Gasteiger charge is 2.36. The Bertz CT molecular complexity index is 1070. The number of rotatable bonds is 6. The van der Waals surface area contributed by atoms with Crippen molar-refractivity contribution in [1.82, 2.24) is 14.1 Å². The van der Waals surface area contributed by atoms with Crippen molar-refractivity contribution in [3.8, 4) is 0 Å². The second-order valence-electron chi connectivity index (χ2n) is 7.84. The third-order valence-corrected chi connectivity index (χ3v) is 7.43. The van der Waals surface area contributed by atoms with Gasteiger partial charge in [-0.25, -0.2) is 0 Å². The molecule has 0 N–H and O–H groups in total. The van der Waals surface area contributed by atoms with E-state index in [-0.39, 0.29) is 17.7 Å². The highest BCUT2D eigenvalue weighted by Crippen LogP contribution is 2.31. The molecule has 1 aromatic heterocycles. The van der Waals surface area contributed by atoms with Crippen LogP contribution in [0, 0.1) is 18.8 Å². The fraction of sp³-hybridized carbons (Fsp3) is 0.318. The first-order chi connectivity index (χ1) is 13.9. The van der Waals surface area contributed by atoms with Crippen molar-refractivity contribution in [3.63, 3.8) is 0 Å². The Morgan fingerprint density at radius 3 is 2.31 bits per heavy atom. The molecule has 0 saturated carbocycles. The smallest absolute Gasteiger partial charge is 0.261 e. The van der Waals surface area contributed by atoms with Gasteiger partial charge in [-0.3, -0.25) is 14.5 Å². The Morgan fingerprint density at radius 1 is 1.07 bits per heavy atom. The zero-order chi connectivity index (χ0) is 20.7. The second kappa shape index (κ2) is 8.10. The van der Waals surface area contributed by atoms with Gasteiger partial charge in [0.15, 0.2) is 0 Å². The standard InChI is InChI=1S/C22H22IN3O2S/c1-13(2)16(12-25-21(27)17-6-4-5-7-18(17)22(25)28)10-15-8-9-20-19(14(15)3)11-24-26(20)29-23/h4-9,11,13,16H,10,12H2,1-3H3. The molecule has 0 radical (unpaired) electrons. The van der Waals surface area contributed by atoms with Gasteiger partial charge in [-0.15, -0.1) is 0 Å². The van der Waals surface area contributed by atoms with Crippen LogP contribution in [0.2, 0.25) is 0 Å². The van der Waals surface area contributed by atoms with Crippen LogP contribution in [0.15, 0.2) is 42.6 Å². The first-order valence-corrected chi connectivity index (χ1v) is 12.9. The number of carbonyl (C=O) groups excluding carboxylic acids is 2. The molecule has 1 aliphatic heterocycles. The molecule has 0 bridgehead atoms. The van der Waals surface area contributed by atoms with E-state index < -0.39 is 0 Å². The lowest BCUT2D eigenvalue weighted by molar-refractivity contribution is 0.0614. The minimum absolute atomic E-state index is 0.177. The van der Waals surface area contributed by atoms with Crippen molar-refractivity contribution in [1.29, 1.82) is 0 Å². The summed E-state index contributed by atoms with van der Waals surface area (Å²) >= 11 is 2.23. The lowest BCUT2D eigenvalue weighted by Gasteiger charge is -2.26. The number of imide groups is 1. The number of aryl methyl sites for hydroxylation is 1. The van der Waals surface area contributed by atoms with Gasteiger partial charge < -0.3 is 0 Å². The molecule has 2 amide bonds. The van der Waals surface area contributed by atoms with E-state index in [4.69, 9.17) is 0 Å². The van der Waals surface area contributed by atoms with Gasteiger partial charge in [-0.05, 0) is 54.5 Å². The Kier molecular flexibility index (Phi) is 5.70. The summed E-state index contributed by atoms with van der Waals surface area (Å²) in [5.41, 5.74) is 4.59. The average Bonchev–Trinajstić information content (AvgIpc) is 3.24. The number of hydrogen-bond donors (Lipinski definition) is 0. The van der Waals surface area contributed by atoms with E-state index in [1.54, 1.807) is 33.4 Å². The minimum atomic E-state index is -0.177. The van der Waals surface area contributed by atoms with Crippen LogP contribution in [-0.4, -0.2) is 32.4 Å². The quantitative estimate of drug-likeness (QED) is 0.328. The van der Waals surface area contributed by atoms with E-state index in [9.17, 15) is 9.59 Å². The lowest BCUT2D eigenvalue weighted by atomic mass is 9.86. The molecule has 5 nitrogen and oxygen atoms in total. The average molecular weight is 519 g/mol. The van der Waals surface area contributed by atoms with E-state index in [2.05, 4.69) is 59.2 Å². The van der Waals surface area contributed by atoms with Gasteiger partial charge in [-0.2, -0.15) is 9.19 Å². The summed E-state index contributed by atoms with van der Waals surface area (Å²) in [5, 5.41) is 5.58. The summed E-state index contributed by atoms with van der Waals surface area (Å²) < 4.78 is 1.91. The van der Waals surface area contributed by atoms with E-state index in [0.29, 0.717) is 23.6 Å². The Hall–Kier alpha value is -1.87. The van der Waals surface area contributed by atoms with Crippen molar-refractivity contribution in [2.45, 2.75) is 27.2 Å². The van der Waals surface area contributed by atoms with Crippen LogP contribution in [0.1, 0.15) is 45.7 Å². The maximum Gasteiger partial charge on any atom is 0.261 e. The zero-order valence-corrected chi connectivity index (χ0v) is 19.5. The normalized spacial score (nSPS) is 14.9. The topological polar surface area (TPSA) is 55.2 Å². The molecule has 0 aliphatic carbocycles. The van der Waals surface area contributed by atoms with Gasteiger partial charge in [0.2, 0.25) is 0 Å². The molecule has 1 aliphatic rings. The maximum absolute atomic E-state index is 12.8. The predicted molar refractivity (Wildman–Crippen MR) is 125 cm³/mol. The van der Waals surface area contributed by atoms with Crippen molar-refractivity contribution in [2.75, 3.05) is 6.54 Å². The molecule has 150 valence electrons. The molecule has 0 saturated heterocycles. The first kappa shape index (κ1) is 20.4. The van der Waals surface area contributed by atoms with Crippen molar-refractivity contribution < 1.29 is 9.59 Å². The molecule has 0 spiro atoms. The number of nitrogens with zero attached hydrogens (tertiary/aromatic N) is 3. The lowest BCUT2D eigenvalue weighted by Crippen LogP contribution is -2.37. The van der Waals surface area contributed by atoms with Gasteiger partial charge in [0.05, 0.1) is 22.8 Å². The molecule has 2 heterocycles. The molecule has 7 heteroatoms. The molecule has 1 atom stereocenters.